The van der Waals surface area contributed by atoms with E-state index in [9.17, 15) is 9.18 Å². The van der Waals surface area contributed by atoms with Crippen LogP contribution in [0, 0.1) is 5.82 Å². The van der Waals surface area contributed by atoms with E-state index in [0.29, 0.717) is 27.7 Å². The molecule has 0 saturated heterocycles. The summed E-state index contributed by atoms with van der Waals surface area (Å²) in [6, 6.07) is 4.13. The molecule has 1 aromatic carbocycles. The van der Waals surface area contributed by atoms with Gasteiger partial charge in [0.2, 0.25) is 0 Å². The van der Waals surface area contributed by atoms with Crippen LogP contribution in [0.25, 0.3) is 11.3 Å². The van der Waals surface area contributed by atoms with E-state index in [0.717, 1.165) is 0 Å². The molecule has 0 unspecified atom stereocenters. The minimum absolute atomic E-state index is 0.295. The minimum Gasteiger partial charge on any atom is -0.298 e. The summed E-state index contributed by atoms with van der Waals surface area (Å²) < 4.78 is 15.5. The third kappa shape index (κ3) is 1.76. The van der Waals surface area contributed by atoms with Gasteiger partial charge in [0, 0.05) is 18.2 Å². The molecular formula is C10H7BrFN3O. The Morgan fingerprint density at radius 1 is 1.50 bits per heavy atom. The number of nitrogens with zero attached hydrogens (tertiary/aromatic N) is 3. The molecule has 0 amide bonds. The Bertz CT molecular complexity index is 533. The predicted octanol–water partition coefficient (Wildman–Crippen LogP) is 2.20. The Kier molecular flexibility index (Phi) is 2.82. The lowest BCUT2D eigenvalue weighted by Crippen LogP contribution is -1.97. The van der Waals surface area contributed by atoms with Gasteiger partial charge >= 0.3 is 0 Å². The van der Waals surface area contributed by atoms with Crippen LogP contribution in [0.4, 0.5) is 4.39 Å². The van der Waals surface area contributed by atoms with Crippen molar-refractivity contribution < 1.29 is 9.18 Å². The fourth-order valence-corrected chi connectivity index (χ4v) is 1.96. The highest BCUT2D eigenvalue weighted by Gasteiger charge is 2.15. The second-order valence-electron chi connectivity index (χ2n) is 3.21. The number of carbonyl (C=O) groups is 1. The normalized spacial score (nSPS) is 10.4. The van der Waals surface area contributed by atoms with Gasteiger partial charge in [0.1, 0.15) is 17.8 Å². The molecule has 0 saturated carbocycles. The zero-order valence-corrected chi connectivity index (χ0v) is 9.90. The van der Waals surface area contributed by atoms with Crippen molar-refractivity contribution in [1.82, 2.24) is 15.0 Å². The van der Waals surface area contributed by atoms with Crippen LogP contribution >= 0.6 is 15.9 Å². The Morgan fingerprint density at radius 3 is 2.81 bits per heavy atom. The van der Waals surface area contributed by atoms with Gasteiger partial charge < -0.3 is 0 Å². The van der Waals surface area contributed by atoms with Crippen molar-refractivity contribution in [1.29, 1.82) is 0 Å². The third-order valence-electron chi connectivity index (χ3n) is 2.17. The van der Waals surface area contributed by atoms with Crippen LogP contribution < -0.4 is 0 Å². The maximum Gasteiger partial charge on any atom is 0.156 e. The number of rotatable bonds is 2. The molecule has 0 spiro atoms. The minimum atomic E-state index is -0.420. The molecule has 0 atom stereocenters. The van der Waals surface area contributed by atoms with Crippen LogP contribution in [0.2, 0.25) is 0 Å². The van der Waals surface area contributed by atoms with Gasteiger partial charge in [-0.1, -0.05) is 5.21 Å². The van der Waals surface area contributed by atoms with Gasteiger partial charge in [-0.15, -0.1) is 5.10 Å². The topological polar surface area (TPSA) is 47.8 Å². The van der Waals surface area contributed by atoms with Gasteiger partial charge in [0.05, 0.1) is 0 Å². The van der Waals surface area contributed by atoms with Gasteiger partial charge in [0.15, 0.2) is 4.60 Å². The summed E-state index contributed by atoms with van der Waals surface area (Å²) in [5, 5.41) is 7.52. The highest BCUT2D eigenvalue weighted by molar-refractivity contribution is 9.10. The Labute approximate surface area is 99.2 Å². The molecule has 82 valence electrons. The van der Waals surface area contributed by atoms with Crippen LogP contribution in [0.15, 0.2) is 22.8 Å². The molecule has 0 aliphatic heterocycles. The number of benzene rings is 1. The fourth-order valence-electron chi connectivity index (χ4n) is 1.42. The number of carbonyl (C=O) groups excluding carboxylic acids is 1. The largest absolute Gasteiger partial charge is 0.298 e. The third-order valence-corrected chi connectivity index (χ3v) is 2.70. The van der Waals surface area contributed by atoms with Gasteiger partial charge in [-0.2, -0.15) is 0 Å². The summed E-state index contributed by atoms with van der Waals surface area (Å²) in [6.45, 7) is 0. The van der Waals surface area contributed by atoms with Crippen molar-refractivity contribution in [3.05, 3.63) is 34.2 Å². The molecule has 2 aromatic rings. The van der Waals surface area contributed by atoms with Crippen molar-refractivity contribution in [2.45, 2.75) is 0 Å². The summed E-state index contributed by atoms with van der Waals surface area (Å²) in [5.41, 5.74) is 1.20. The molecular weight excluding hydrogens is 277 g/mol. The number of hydrogen-bond acceptors (Lipinski definition) is 3. The van der Waals surface area contributed by atoms with E-state index >= 15 is 0 Å². The lowest BCUT2D eigenvalue weighted by Gasteiger charge is -2.04. The molecule has 0 aliphatic carbocycles. The van der Waals surface area contributed by atoms with E-state index in [1.54, 1.807) is 7.05 Å². The molecule has 0 aliphatic rings. The highest BCUT2D eigenvalue weighted by Crippen LogP contribution is 2.28. The van der Waals surface area contributed by atoms with E-state index < -0.39 is 5.82 Å². The molecule has 1 heterocycles. The molecule has 4 nitrogen and oxygen atoms in total. The molecule has 2 rings (SSSR count). The van der Waals surface area contributed by atoms with Gasteiger partial charge in [-0.3, -0.25) is 4.79 Å². The standard InChI is InChI=1S/C10H7BrFN3O/c1-15-9(10(11)13-14-15)7-4-6(5-16)2-3-8(7)12/h2-5H,1H3. The maximum atomic E-state index is 13.6. The van der Waals surface area contributed by atoms with Crippen LogP contribution in [-0.2, 0) is 7.05 Å². The summed E-state index contributed by atoms with van der Waals surface area (Å²) >= 11 is 3.19. The average Bonchev–Trinajstić information content (AvgIpc) is 2.60. The lowest BCUT2D eigenvalue weighted by molar-refractivity contribution is 0.112. The molecule has 0 radical (unpaired) electrons. The van der Waals surface area contributed by atoms with E-state index in [1.807, 2.05) is 0 Å². The van der Waals surface area contributed by atoms with Gasteiger partial charge in [0.25, 0.3) is 0 Å². The predicted molar refractivity (Wildman–Crippen MR) is 59.5 cm³/mol. The highest BCUT2D eigenvalue weighted by atomic mass is 79.9. The first-order valence-electron chi connectivity index (χ1n) is 4.43. The van der Waals surface area contributed by atoms with Gasteiger partial charge in [-0.25, -0.2) is 9.07 Å². The molecule has 0 fully saturated rings. The molecule has 1 aromatic heterocycles. The number of hydrogen-bond donors (Lipinski definition) is 0. The van der Waals surface area contributed by atoms with Crippen molar-refractivity contribution in [2.75, 3.05) is 0 Å². The van der Waals surface area contributed by atoms with Crippen LogP contribution in [0.3, 0.4) is 0 Å². The summed E-state index contributed by atoms with van der Waals surface area (Å²) in [6.07, 6.45) is 0.667. The molecule has 6 heteroatoms. The van der Waals surface area contributed by atoms with E-state index in [-0.39, 0.29) is 0 Å². The van der Waals surface area contributed by atoms with Crippen molar-refractivity contribution >= 4 is 22.2 Å². The number of aldehydes is 1. The average molecular weight is 284 g/mol. The zero-order valence-electron chi connectivity index (χ0n) is 8.32. The van der Waals surface area contributed by atoms with Gasteiger partial charge in [-0.05, 0) is 34.1 Å². The SMILES string of the molecule is Cn1nnc(Br)c1-c1cc(C=O)ccc1F. The number of halogens is 2. The Hall–Kier alpha value is -1.56. The smallest absolute Gasteiger partial charge is 0.156 e. The fraction of sp³-hybridized carbons (Fsp3) is 0.100. The van der Waals surface area contributed by atoms with Crippen molar-refractivity contribution in [3.63, 3.8) is 0 Å². The van der Waals surface area contributed by atoms with E-state index in [1.165, 1.54) is 22.9 Å². The lowest BCUT2D eigenvalue weighted by atomic mass is 10.1. The second-order valence-corrected chi connectivity index (χ2v) is 3.96. The second kappa shape index (κ2) is 4.13. The zero-order chi connectivity index (χ0) is 11.7. The van der Waals surface area contributed by atoms with Crippen molar-refractivity contribution in [3.8, 4) is 11.3 Å². The Morgan fingerprint density at radius 2 is 2.25 bits per heavy atom. The maximum absolute atomic E-state index is 13.6. The summed E-state index contributed by atoms with van der Waals surface area (Å²) in [4.78, 5) is 10.6. The molecule has 0 bridgehead atoms. The van der Waals surface area contributed by atoms with Crippen LogP contribution in [0.5, 0.6) is 0 Å². The van der Waals surface area contributed by atoms with E-state index in [2.05, 4.69) is 26.2 Å². The van der Waals surface area contributed by atoms with Crippen LogP contribution in [0.1, 0.15) is 10.4 Å². The first-order chi connectivity index (χ1) is 7.63. The first-order valence-corrected chi connectivity index (χ1v) is 5.23. The van der Waals surface area contributed by atoms with Crippen LogP contribution in [-0.4, -0.2) is 21.3 Å². The number of aromatic nitrogens is 3. The van der Waals surface area contributed by atoms with Crippen molar-refractivity contribution in [2.24, 2.45) is 7.05 Å². The first kappa shape index (κ1) is 10.9. The van der Waals surface area contributed by atoms with E-state index in [4.69, 9.17) is 0 Å². The molecule has 0 N–H and O–H groups in total. The monoisotopic (exact) mass is 283 g/mol. The summed E-state index contributed by atoms with van der Waals surface area (Å²) in [5.74, 6) is -0.420. The Balaban J connectivity index is 2.67. The quantitative estimate of drug-likeness (QED) is 0.794. The number of aryl methyl sites for hydroxylation is 1. The molecule has 16 heavy (non-hydrogen) atoms. The summed E-state index contributed by atoms with van der Waals surface area (Å²) in [7, 11) is 1.65.